The van der Waals surface area contributed by atoms with E-state index >= 15 is 0 Å². The van der Waals surface area contributed by atoms with E-state index in [1.54, 1.807) is 6.08 Å². The first-order chi connectivity index (χ1) is 9.34. The predicted octanol–water partition coefficient (Wildman–Crippen LogP) is 2.49. The number of esters is 2. The van der Waals surface area contributed by atoms with Crippen molar-refractivity contribution in [3.05, 3.63) is 12.7 Å². The predicted molar refractivity (Wildman–Crippen MR) is 76.2 cm³/mol. The highest BCUT2D eigenvalue weighted by molar-refractivity contribution is 5.71. The monoisotopic (exact) mass is 286 g/mol. The molecular weight excluding hydrogens is 260 g/mol. The zero-order valence-corrected chi connectivity index (χ0v) is 12.9. The average molecular weight is 286 g/mol. The quantitative estimate of drug-likeness (QED) is 0.456. The van der Waals surface area contributed by atoms with Crippen molar-refractivity contribution in [2.45, 2.75) is 45.6 Å². The normalized spacial score (nSPS) is 15.0. The average Bonchev–Trinajstić information content (AvgIpc) is 2.42. The van der Waals surface area contributed by atoms with E-state index in [1.165, 1.54) is 14.0 Å². The van der Waals surface area contributed by atoms with Crippen molar-refractivity contribution in [3.8, 4) is 0 Å². The van der Waals surface area contributed by atoms with E-state index in [9.17, 15) is 9.59 Å². The van der Waals surface area contributed by atoms with Gasteiger partial charge < -0.3 is 14.2 Å². The highest BCUT2D eigenvalue weighted by Crippen LogP contribution is 2.22. The summed E-state index contributed by atoms with van der Waals surface area (Å²) in [5.74, 6) is -0.683. The molecule has 0 rings (SSSR count). The van der Waals surface area contributed by atoms with E-state index in [2.05, 4.69) is 11.3 Å². The van der Waals surface area contributed by atoms with Gasteiger partial charge in [-0.15, -0.1) is 6.58 Å². The van der Waals surface area contributed by atoms with Crippen molar-refractivity contribution in [2.75, 3.05) is 20.3 Å². The molecule has 5 heteroatoms. The van der Waals surface area contributed by atoms with E-state index in [0.29, 0.717) is 19.4 Å². The first-order valence-corrected chi connectivity index (χ1v) is 6.80. The molecular formula is C15H26O5. The maximum Gasteiger partial charge on any atom is 0.308 e. The largest absolute Gasteiger partial charge is 0.469 e. The minimum atomic E-state index is -0.560. The molecule has 116 valence electrons. The summed E-state index contributed by atoms with van der Waals surface area (Å²) in [7, 11) is 1.39. The molecule has 0 unspecified atom stereocenters. The molecule has 0 aliphatic heterocycles. The molecule has 0 aromatic rings. The molecule has 0 fully saturated rings. The van der Waals surface area contributed by atoms with Crippen LogP contribution in [-0.2, 0) is 23.8 Å². The topological polar surface area (TPSA) is 61.8 Å². The standard InChI is InChI=1S/C15H26O5/c1-6-10-20-15(4,11-19-13(3)16)9-7-8-12(2)14(17)18-5/h6,12H,1,7-11H2,2-5H3/t12-,15+/m1/s1. The molecule has 0 aliphatic rings. The molecule has 0 saturated carbocycles. The summed E-state index contributed by atoms with van der Waals surface area (Å²) in [5, 5.41) is 0. The molecule has 0 bridgehead atoms. The Kier molecular flexibility index (Phi) is 8.88. The van der Waals surface area contributed by atoms with E-state index in [-0.39, 0.29) is 24.5 Å². The van der Waals surface area contributed by atoms with Gasteiger partial charge in [0.15, 0.2) is 0 Å². The van der Waals surface area contributed by atoms with Crippen LogP contribution in [0.2, 0.25) is 0 Å². The van der Waals surface area contributed by atoms with Gasteiger partial charge in [0.1, 0.15) is 6.61 Å². The van der Waals surface area contributed by atoms with Crippen molar-refractivity contribution < 1.29 is 23.8 Å². The molecule has 0 radical (unpaired) electrons. The lowest BCUT2D eigenvalue weighted by Crippen LogP contribution is -2.35. The third-order valence-corrected chi connectivity index (χ3v) is 3.08. The van der Waals surface area contributed by atoms with Crippen molar-refractivity contribution in [2.24, 2.45) is 5.92 Å². The van der Waals surface area contributed by atoms with Crippen LogP contribution >= 0.6 is 0 Å². The van der Waals surface area contributed by atoms with Gasteiger partial charge in [0.05, 0.1) is 25.2 Å². The number of hydrogen-bond acceptors (Lipinski definition) is 5. The van der Waals surface area contributed by atoms with Gasteiger partial charge in [-0.2, -0.15) is 0 Å². The Balaban J connectivity index is 4.30. The van der Waals surface area contributed by atoms with Gasteiger partial charge in [0.2, 0.25) is 0 Å². The Morgan fingerprint density at radius 1 is 1.40 bits per heavy atom. The van der Waals surface area contributed by atoms with Crippen LogP contribution in [-0.4, -0.2) is 37.9 Å². The van der Waals surface area contributed by atoms with E-state index < -0.39 is 5.60 Å². The number of carbonyl (C=O) groups excluding carboxylic acids is 2. The Bertz CT molecular complexity index is 326. The minimum absolute atomic E-state index is 0.141. The maximum absolute atomic E-state index is 11.3. The summed E-state index contributed by atoms with van der Waals surface area (Å²) < 4.78 is 15.4. The summed E-state index contributed by atoms with van der Waals surface area (Å²) in [6, 6.07) is 0. The van der Waals surface area contributed by atoms with Gasteiger partial charge in [-0.3, -0.25) is 9.59 Å². The zero-order valence-electron chi connectivity index (χ0n) is 12.9. The lowest BCUT2D eigenvalue weighted by molar-refractivity contribution is -0.151. The van der Waals surface area contributed by atoms with Gasteiger partial charge >= 0.3 is 11.9 Å². The van der Waals surface area contributed by atoms with Crippen LogP contribution in [0.4, 0.5) is 0 Å². The molecule has 0 saturated heterocycles. The highest BCUT2D eigenvalue weighted by atomic mass is 16.6. The lowest BCUT2D eigenvalue weighted by atomic mass is 9.95. The summed E-state index contributed by atoms with van der Waals surface area (Å²) in [6.45, 7) is 9.29. The molecule has 0 spiro atoms. The molecule has 0 aromatic heterocycles. The number of rotatable bonds is 10. The van der Waals surface area contributed by atoms with Gasteiger partial charge in [-0.05, 0) is 26.2 Å². The van der Waals surface area contributed by atoms with Crippen LogP contribution in [0.3, 0.4) is 0 Å². The molecule has 2 atom stereocenters. The summed E-state index contributed by atoms with van der Waals surface area (Å²) >= 11 is 0. The second-order valence-corrected chi connectivity index (χ2v) is 5.15. The summed E-state index contributed by atoms with van der Waals surface area (Å²) in [6.07, 6.45) is 3.84. The van der Waals surface area contributed by atoms with E-state index in [4.69, 9.17) is 9.47 Å². The van der Waals surface area contributed by atoms with E-state index in [1.807, 2.05) is 13.8 Å². The fourth-order valence-electron chi connectivity index (χ4n) is 1.80. The van der Waals surface area contributed by atoms with Gasteiger partial charge in [-0.25, -0.2) is 0 Å². The van der Waals surface area contributed by atoms with Gasteiger partial charge in [-0.1, -0.05) is 13.0 Å². The smallest absolute Gasteiger partial charge is 0.308 e. The van der Waals surface area contributed by atoms with Crippen molar-refractivity contribution in [3.63, 3.8) is 0 Å². The Labute approximate surface area is 121 Å². The number of carbonyl (C=O) groups is 2. The Hall–Kier alpha value is -1.36. The van der Waals surface area contributed by atoms with Crippen LogP contribution < -0.4 is 0 Å². The van der Waals surface area contributed by atoms with Gasteiger partial charge in [0, 0.05) is 6.92 Å². The fraction of sp³-hybridized carbons (Fsp3) is 0.733. The zero-order chi connectivity index (χ0) is 15.6. The van der Waals surface area contributed by atoms with Crippen LogP contribution in [0, 0.1) is 5.92 Å². The van der Waals surface area contributed by atoms with Crippen molar-refractivity contribution in [1.82, 2.24) is 0 Å². The molecule has 0 amide bonds. The number of methoxy groups -OCH3 is 1. The molecule has 0 N–H and O–H groups in total. The van der Waals surface area contributed by atoms with Crippen LogP contribution in [0.25, 0.3) is 0 Å². The third kappa shape index (κ3) is 7.94. The summed E-state index contributed by atoms with van der Waals surface area (Å²) in [5.41, 5.74) is -0.560. The highest BCUT2D eigenvalue weighted by Gasteiger charge is 2.27. The number of hydrogen-bond donors (Lipinski definition) is 0. The first-order valence-electron chi connectivity index (χ1n) is 6.80. The molecule has 20 heavy (non-hydrogen) atoms. The van der Waals surface area contributed by atoms with Crippen LogP contribution in [0.15, 0.2) is 12.7 Å². The molecule has 0 aromatic carbocycles. The second kappa shape index (κ2) is 9.53. The number of ether oxygens (including phenoxy) is 3. The van der Waals surface area contributed by atoms with Gasteiger partial charge in [0.25, 0.3) is 0 Å². The summed E-state index contributed by atoms with van der Waals surface area (Å²) in [4.78, 5) is 22.2. The van der Waals surface area contributed by atoms with Crippen LogP contribution in [0.5, 0.6) is 0 Å². The molecule has 5 nitrogen and oxygen atoms in total. The molecule has 0 heterocycles. The second-order valence-electron chi connectivity index (χ2n) is 5.15. The lowest BCUT2D eigenvalue weighted by Gasteiger charge is -2.29. The minimum Gasteiger partial charge on any atom is -0.469 e. The Morgan fingerprint density at radius 3 is 2.55 bits per heavy atom. The third-order valence-electron chi connectivity index (χ3n) is 3.08. The SMILES string of the molecule is C=CCO[C@@](C)(CCC[C@@H](C)C(=O)OC)COC(C)=O. The van der Waals surface area contributed by atoms with E-state index in [0.717, 1.165) is 6.42 Å². The fourth-order valence-corrected chi connectivity index (χ4v) is 1.80. The van der Waals surface area contributed by atoms with Crippen LogP contribution in [0.1, 0.15) is 40.0 Å². The van der Waals surface area contributed by atoms with Crippen molar-refractivity contribution in [1.29, 1.82) is 0 Å². The maximum atomic E-state index is 11.3. The molecule has 0 aliphatic carbocycles. The first kappa shape index (κ1) is 18.6. The Morgan fingerprint density at radius 2 is 2.05 bits per heavy atom. The van der Waals surface area contributed by atoms with Crippen molar-refractivity contribution >= 4 is 11.9 Å².